The quantitative estimate of drug-likeness (QED) is 0.510. The van der Waals surface area contributed by atoms with E-state index in [4.69, 9.17) is 5.84 Å². The summed E-state index contributed by atoms with van der Waals surface area (Å²) in [6.07, 6.45) is 4.70. The molecule has 7 heteroatoms. The Morgan fingerprint density at radius 3 is 2.62 bits per heavy atom. The van der Waals surface area contributed by atoms with Crippen molar-refractivity contribution in [1.29, 1.82) is 0 Å². The van der Waals surface area contributed by atoms with Crippen LogP contribution in [0.3, 0.4) is 0 Å². The molecule has 3 N–H and O–H groups in total. The molecule has 1 aliphatic heterocycles. The van der Waals surface area contributed by atoms with Crippen LogP contribution in [0.25, 0.3) is 10.9 Å². The lowest BCUT2D eigenvalue weighted by Gasteiger charge is -2.29. The zero-order chi connectivity index (χ0) is 17.3. The van der Waals surface area contributed by atoms with Crippen molar-refractivity contribution in [3.05, 3.63) is 39.9 Å². The number of carbonyl (C=O) groups is 1. The van der Waals surface area contributed by atoms with Crippen LogP contribution in [-0.2, 0) is 6.54 Å². The van der Waals surface area contributed by atoms with Gasteiger partial charge in [-0.15, -0.1) is 0 Å². The van der Waals surface area contributed by atoms with Crippen molar-refractivity contribution in [3.8, 4) is 0 Å². The molecule has 2 aromatic rings. The highest BCUT2D eigenvalue weighted by Gasteiger charge is 2.20. The van der Waals surface area contributed by atoms with Crippen molar-refractivity contribution < 1.29 is 9.18 Å². The number of nitrogens with two attached hydrogens (primary N) is 1. The lowest BCUT2D eigenvalue weighted by molar-refractivity contribution is 0.0952. The second-order valence-electron chi connectivity index (χ2n) is 6.00. The predicted molar refractivity (Wildman–Crippen MR) is 91.6 cm³/mol. The van der Waals surface area contributed by atoms with Crippen molar-refractivity contribution in [2.45, 2.75) is 32.7 Å². The standard InChI is InChI=1S/C17H21FN4O2/c1-2-21-10-12(17(24)20-19)16(23)11-8-13(18)15(9-14(11)21)22-6-4-3-5-7-22/h8-10H,2-7,19H2,1H3,(H,20,24). The summed E-state index contributed by atoms with van der Waals surface area (Å²) < 4.78 is 16.4. The van der Waals surface area contributed by atoms with Crippen LogP contribution in [0, 0.1) is 5.82 Å². The first kappa shape index (κ1) is 16.4. The summed E-state index contributed by atoms with van der Waals surface area (Å²) in [6.45, 7) is 4.07. The number of piperidine rings is 1. The number of fused-ring (bicyclic) bond motifs is 1. The predicted octanol–water partition coefficient (Wildman–Crippen LogP) is 1.75. The number of carbonyl (C=O) groups excluding carboxylic acids is 1. The first-order valence-corrected chi connectivity index (χ1v) is 8.19. The molecular formula is C17H21FN4O2. The molecule has 0 aliphatic carbocycles. The average molecular weight is 332 g/mol. The largest absolute Gasteiger partial charge is 0.369 e. The number of aryl methyl sites for hydroxylation is 1. The van der Waals surface area contributed by atoms with E-state index in [0.717, 1.165) is 32.4 Å². The number of halogens is 1. The number of anilines is 1. The number of hydrogen-bond donors (Lipinski definition) is 2. The molecule has 1 aliphatic rings. The lowest BCUT2D eigenvalue weighted by Crippen LogP contribution is -2.34. The molecule has 1 amide bonds. The Kier molecular flexibility index (Phi) is 4.53. The van der Waals surface area contributed by atoms with Crippen molar-refractivity contribution >= 4 is 22.5 Å². The number of hydrazine groups is 1. The summed E-state index contributed by atoms with van der Waals surface area (Å²) in [6, 6.07) is 2.95. The first-order chi connectivity index (χ1) is 11.6. The first-order valence-electron chi connectivity index (χ1n) is 8.19. The molecule has 6 nitrogen and oxygen atoms in total. The monoisotopic (exact) mass is 332 g/mol. The summed E-state index contributed by atoms with van der Waals surface area (Å²) >= 11 is 0. The van der Waals surface area contributed by atoms with Crippen LogP contribution in [-0.4, -0.2) is 23.6 Å². The molecule has 1 fully saturated rings. The average Bonchev–Trinajstić information content (AvgIpc) is 2.62. The third kappa shape index (κ3) is 2.75. The van der Waals surface area contributed by atoms with Crippen LogP contribution in [0.1, 0.15) is 36.5 Å². The Morgan fingerprint density at radius 2 is 2.00 bits per heavy atom. The van der Waals surface area contributed by atoms with Crippen molar-refractivity contribution in [3.63, 3.8) is 0 Å². The van der Waals surface area contributed by atoms with Crippen molar-refractivity contribution in [2.75, 3.05) is 18.0 Å². The van der Waals surface area contributed by atoms with Gasteiger partial charge in [0.05, 0.1) is 11.2 Å². The van der Waals surface area contributed by atoms with Gasteiger partial charge in [0.25, 0.3) is 5.91 Å². The van der Waals surface area contributed by atoms with E-state index in [-0.39, 0.29) is 10.9 Å². The molecule has 24 heavy (non-hydrogen) atoms. The Bertz CT molecular complexity index is 841. The number of hydrogen-bond acceptors (Lipinski definition) is 4. The molecular weight excluding hydrogens is 311 g/mol. The van der Waals surface area contributed by atoms with Crippen molar-refractivity contribution in [2.24, 2.45) is 5.84 Å². The molecule has 0 bridgehead atoms. The summed E-state index contributed by atoms with van der Waals surface area (Å²) in [5.74, 6) is 4.02. The number of nitrogens with zero attached hydrogens (tertiary/aromatic N) is 2. The molecule has 0 atom stereocenters. The fourth-order valence-electron chi connectivity index (χ4n) is 3.28. The number of aromatic nitrogens is 1. The van der Waals surface area contributed by atoms with Gasteiger partial charge in [-0.05, 0) is 38.3 Å². The van der Waals surface area contributed by atoms with Gasteiger partial charge in [0.2, 0.25) is 5.43 Å². The second-order valence-corrected chi connectivity index (χ2v) is 6.00. The topological polar surface area (TPSA) is 80.4 Å². The Balaban J connectivity index is 2.22. The minimum Gasteiger partial charge on any atom is -0.369 e. The number of nitrogen functional groups attached to an aromatic ring is 1. The van der Waals surface area contributed by atoms with E-state index in [1.54, 1.807) is 10.6 Å². The highest BCUT2D eigenvalue weighted by Crippen LogP contribution is 2.27. The molecule has 1 saturated heterocycles. The van der Waals surface area contributed by atoms with E-state index in [1.165, 1.54) is 12.3 Å². The fourth-order valence-corrected chi connectivity index (χ4v) is 3.28. The van der Waals surface area contributed by atoms with Crippen LogP contribution < -0.4 is 21.6 Å². The normalized spacial score (nSPS) is 14.9. The van der Waals surface area contributed by atoms with Gasteiger partial charge < -0.3 is 9.47 Å². The minimum atomic E-state index is -0.676. The third-order valence-corrected chi connectivity index (χ3v) is 4.56. The maximum Gasteiger partial charge on any atom is 0.270 e. The third-order valence-electron chi connectivity index (χ3n) is 4.56. The molecule has 0 unspecified atom stereocenters. The number of pyridine rings is 1. The Hall–Kier alpha value is -2.41. The van der Waals surface area contributed by atoms with E-state index < -0.39 is 17.2 Å². The van der Waals surface area contributed by atoms with Gasteiger partial charge in [-0.25, -0.2) is 10.2 Å². The van der Waals surface area contributed by atoms with Gasteiger partial charge in [-0.1, -0.05) is 0 Å². The number of amides is 1. The molecule has 1 aromatic heterocycles. The van der Waals surface area contributed by atoms with E-state index >= 15 is 0 Å². The Morgan fingerprint density at radius 1 is 1.29 bits per heavy atom. The zero-order valence-electron chi connectivity index (χ0n) is 13.6. The fraction of sp³-hybridized carbons (Fsp3) is 0.412. The smallest absolute Gasteiger partial charge is 0.270 e. The van der Waals surface area contributed by atoms with Crippen LogP contribution in [0.4, 0.5) is 10.1 Å². The van der Waals surface area contributed by atoms with E-state index in [0.29, 0.717) is 17.7 Å². The molecule has 0 saturated carbocycles. The summed E-state index contributed by atoms with van der Waals surface area (Å²) in [5.41, 5.74) is 2.50. The lowest BCUT2D eigenvalue weighted by atomic mass is 10.1. The van der Waals surface area contributed by atoms with Crippen LogP contribution >= 0.6 is 0 Å². The van der Waals surface area contributed by atoms with Gasteiger partial charge in [0.1, 0.15) is 11.4 Å². The summed E-state index contributed by atoms with van der Waals surface area (Å²) in [7, 11) is 0. The SMILES string of the molecule is CCn1cc(C(=O)NN)c(=O)c2cc(F)c(N3CCCCC3)cc21. The maximum atomic E-state index is 14.6. The van der Waals surface area contributed by atoms with Gasteiger partial charge in [0, 0.05) is 31.2 Å². The van der Waals surface area contributed by atoms with E-state index in [2.05, 4.69) is 0 Å². The zero-order valence-corrected chi connectivity index (χ0v) is 13.6. The molecule has 3 rings (SSSR count). The Labute approximate surface area is 139 Å². The highest BCUT2D eigenvalue weighted by molar-refractivity contribution is 5.97. The van der Waals surface area contributed by atoms with Gasteiger partial charge in [0.15, 0.2) is 0 Å². The van der Waals surface area contributed by atoms with Crippen LogP contribution in [0.15, 0.2) is 23.1 Å². The molecule has 0 spiro atoms. The number of rotatable bonds is 3. The molecule has 128 valence electrons. The van der Waals surface area contributed by atoms with E-state index in [1.807, 2.05) is 17.2 Å². The molecule has 1 aromatic carbocycles. The minimum absolute atomic E-state index is 0.0861. The summed E-state index contributed by atoms with van der Waals surface area (Å²) in [5, 5.41) is 0.191. The highest BCUT2D eigenvalue weighted by atomic mass is 19.1. The molecule has 2 heterocycles. The number of nitrogens with one attached hydrogen (secondary N) is 1. The van der Waals surface area contributed by atoms with Gasteiger partial charge in [-0.3, -0.25) is 15.0 Å². The van der Waals surface area contributed by atoms with Gasteiger partial charge in [-0.2, -0.15) is 0 Å². The second kappa shape index (κ2) is 6.60. The number of benzene rings is 1. The molecule has 0 radical (unpaired) electrons. The van der Waals surface area contributed by atoms with E-state index in [9.17, 15) is 14.0 Å². The van der Waals surface area contributed by atoms with Crippen LogP contribution in [0.2, 0.25) is 0 Å². The summed E-state index contributed by atoms with van der Waals surface area (Å²) in [4.78, 5) is 26.3. The maximum absolute atomic E-state index is 14.6. The van der Waals surface area contributed by atoms with Crippen molar-refractivity contribution in [1.82, 2.24) is 9.99 Å². The van der Waals surface area contributed by atoms with Gasteiger partial charge >= 0.3 is 0 Å². The van der Waals surface area contributed by atoms with Crippen LogP contribution in [0.5, 0.6) is 0 Å².